The summed E-state index contributed by atoms with van der Waals surface area (Å²) in [5.41, 5.74) is 2.24. The maximum Gasteiger partial charge on any atom is 0.231 e. The Morgan fingerprint density at radius 3 is 3.08 bits per heavy atom. The number of hydrogen-bond donors (Lipinski definition) is 2. The Morgan fingerprint density at radius 2 is 2.19 bits per heavy atom. The van der Waals surface area contributed by atoms with Crippen molar-refractivity contribution in [2.24, 2.45) is 0 Å². The van der Waals surface area contributed by atoms with E-state index in [1.54, 1.807) is 23.9 Å². The number of fused-ring (bicyclic) bond motifs is 1. The number of thiazole rings is 1. The SMILES string of the molecule is CC(NCCNCc1ccc2c(c1)OCO2)c1csc(-n2ccnc2)n1. The van der Waals surface area contributed by atoms with Gasteiger partial charge in [-0.2, -0.15) is 0 Å². The molecule has 1 aromatic carbocycles. The average molecular weight is 371 g/mol. The Balaban J connectivity index is 1.20. The molecular weight excluding hydrogens is 350 g/mol. The molecule has 0 radical (unpaired) electrons. The summed E-state index contributed by atoms with van der Waals surface area (Å²) in [6.45, 7) is 4.98. The topological polar surface area (TPSA) is 73.2 Å². The first-order valence-electron chi connectivity index (χ1n) is 8.56. The van der Waals surface area contributed by atoms with Crippen molar-refractivity contribution in [1.29, 1.82) is 0 Å². The van der Waals surface area contributed by atoms with Crippen molar-refractivity contribution >= 4 is 11.3 Å². The monoisotopic (exact) mass is 371 g/mol. The van der Waals surface area contributed by atoms with Gasteiger partial charge in [0, 0.05) is 43.4 Å². The molecule has 1 aliphatic heterocycles. The summed E-state index contributed by atoms with van der Waals surface area (Å²) in [6, 6.07) is 6.25. The molecular formula is C18H21N5O2S. The molecule has 3 heterocycles. The van der Waals surface area contributed by atoms with Crippen LogP contribution in [0.15, 0.2) is 42.3 Å². The van der Waals surface area contributed by atoms with Gasteiger partial charge in [-0.05, 0) is 24.6 Å². The highest BCUT2D eigenvalue weighted by Crippen LogP contribution is 2.32. The first-order chi connectivity index (χ1) is 12.8. The normalized spacial score (nSPS) is 13.9. The number of nitrogens with one attached hydrogen (secondary N) is 2. The minimum atomic E-state index is 0.205. The summed E-state index contributed by atoms with van der Waals surface area (Å²) in [4.78, 5) is 8.72. The van der Waals surface area contributed by atoms with Crippen LogP contribution in [0, 0.1) is 0 Å². The number of aromatic nitrogens is 3. The van der Waals surface area contributed by atoms with Gasteiger partial charge in [0.1, 0.15) is 6.33 Å². The lowest BCUT2D eigenvalue weighted by Gasteiger charge is -2.12. The van der Waals surface area contributed by atoms with Crippen LogP contribution < -0.4 is 20.1 Å². The van der Waals surface area contributed by atoms with Crippen molar-refractivity contribution in [3.63, 3.8) is 0 Å². The van der Waals surface area contributed by atoms with Crippen molar-refractivity contribution in [1.82, 2.24) is 25.2 Å². The molecule has 1 unspecified atom stereocenters. The minimum Gasteiger partial charge on any atom is -0.454 e. The van der Waals surface area contributed by atoms with E-state index in [2.05, 4.69) is 39.0 Å². The zero-order valence-corrected chi connectivity index (χ0v) is 15.3. The van der Waals surface area contributed by atoms with Gasteiger partial charge in [-0.25, -0.2) is 9.97 Å². The van der Waals surface area contributed by atoms with Crippen LogP contribution >= 0.6 is 11.3 Å². The molecule has 3 aromatic rings. The van der Waals surface area contributed by atoms with Gasteiger partial charge in [0.2, 0.25) is 6.79 Å². The zero-order valence-electron chi connectivity index (χ0n) is 14.5. The molecule has 0 saturated heterocycles. The summed E-state index contributed by atoms with van der Waals surface area (Å²) >= 11 is 1.62. The van der Waals surface area contributed by atoms with Crippen LogP contribution in [0.3, 0.4) is 0 Å². The molecule has 0 spiro atoms. The molecule has 8 heteroatoms. The number of nitrogens with zero attached hydrogens (tertiary/aromatic N) is 3. The first-order valence-corrected chi connectivity index (χ1v) is 9.44. The predicted octanol–water partition coefficient (Wildman–Crippen LogP) is 2.50. The zero-order chi connectivity index (χ0) is 17.8. The lowest BCUT2D eigenvalue weighted by Crippen LogP contribution is -2.29. The van der Waals surface area contributed by atoms with E-state index in [-0.39, 0.29) is 6.04 Å². The molecule has 1 aliphatic rings. The van der Waals surface area contributed by atoms with E-state index in [1.165, 1.54) is 5.56 Å². The number of imidazole rings is 1. The third kappa shape index (κ3) is 3.87. The highest BCUT2D eigenvalue weighted by atomic mass is 32.1. The van der Waals surface area contributed by atoms with Gasteiger partial charge in [0.15, 0.2) is 16.6 Å². The molecule has 0 aliphatic carbocycles. The maximum atomic E-state index is 5.40. The smallest absolute Gasteiger partial charge is 0.231 e. The number of ether oxygens (including phenoxy) is 2. The predicted molar refractivity (Wildman–Crippen MR) is 99.9 cm³/mol. The molecule has 136 valence electrons. The molecule has 4 rings (SSSR count). The van der Waals surface area contributed by atoms with Crippen molar-refractivity contribution in [3.8, 4) is 16.6 Å². The Bertz CT molecular complexity index is 849. The number of hydrogen-bond acceptors (Lipinski definition) is 7. The van der Waals surface area contributed by atoms with Crippen LogP contribution in [0.4, 0.5) is 0 Å². The van der Waals surface area contributed by atoms with E-state index in [1.807, 2.05) is 22.9 Å². The van der Waals surface area contributed by atoms with E-state index in [0.717, 1.165) is 42.0 Å². The third-order valence-electron chi connectivity index (χ3n) is 4.20. The third-order valence-corrected chi connectivity index (χ3v) is 5.07. The van der Waals surface area contributed by atoms with Crippen LogP contribution in [0.25, 0.3) is 5.13 Å². The Morgan fingerprint density at radius 1 is 1.27 bits per heavy atom. The Kier molecular flexibility index (Phi) is 5.14. The van der Waals surface area contributed by atoms with Crippen LogP contribution in [0.5, 0.6) is 11.5 Å². The fourth-order valence-corrected chi connectivity index (χ4v) is 3.60. The molecule has 0 bridgehead atoms. The standard InChI is InChI=1S/C18H21N5O2S/c1-13(15-10-26-18(22-15)23-7-6-20-11-23)21-5-4-19-9-14-2-3-16-17(8-14)25-12-24-16/h2-3,6-8,10-11,13,19,21H,4-5,9,12H2,1H3. The van der Waals surface area contributed by atoms with E-state index < -0.39 is 0 Å². The fraction of sp³-hybridized carbons (Fsp3) is 0.333. The van der Waals surface area contributed by atoms with E-state index >= 15 is 0 Å². The second-order valence-corrected chi connectivity index (χ2v) is 6.90. The summed E-state index contributed by atoms with van der Waals surface area (Å²) in [7, 11) is 0. The molecule has 0 fully saturated rings. The van der Waals surface area contributed by atoms with Crippen molar-refractivity contribution in [3.05, 3.63) is 53.6 Å². The minimum absolute atomic E-state index is 0.205. The Hall–Kier alpha value is -2.42. The Labute approximate surface area is 156 Å². The summed E-state index contributed by atoms with van der Waals surface area (Å²) in [5, 5.41) is 9.96. The quantitative estimate of drug-likeness (QED) is 0.593. The van der Waals surface area contributed by atoms with Crippen LogP contribution in [-0.4, -0.2) is 34.4 Å². The van der Waals surface area contributed by atoms with Crippen molar-refractivity contribution in [2.45, 2.75) is 19.5 Å². The van der Waals surface area contributed by atoms with Gasteiger partial charge in [-0.15, -0.1) is 11.3 Å². The molecule has 26 heavy (non-hydrogen) atoms. The maximum absolute atomic E-state index is 5.40. The lowest BCUT2D eigenvalue weighted by atomic mass is 10.2. The summed E-state index contributed by atoms with van der Waals surface area (Å²) < 4.78 is 12.7. The molecule has 1 atom stereocenters. The summed E-state index contributed by atoms with van der Waals surface area (Å²) in [6.07, 6.45) is 5.43. The van der Waals surface area contributed by atoms with E-state index in [9.17, 15) is 0 Å². The van der Waals surface area contributed by atoms with Crippen LogP contribution in [-0.2, 0) is 6.54 Å². The van der Waals surface area contributed by atoms with Crippen molar-refractivity contribution < 1.29 is 9.47 Å². The van der Waals surface area contributed by atoms with Gasteiger partial charge in [0.05, 0.1) is 5.69 Å². The second kappa shape index (κ2) is 7.86. The van der Waals surface area contributed by atoms with Gasteiger partial charge < -0.3 is 20.1 Å². The molecule has 0 saturated carbocycles. The van der Waals surface area contributed by atoms with Crippen LogP contribution in [0.1, 0.15) is 24.2 Å². The lowest BCUT2D eigenvalue weighted by molar-refractivity contribution is 0.174. The van der Waals surface area contributed by atoms with Gasteiger partial charge in [-0.3, -0.25) is 4.57 Å². The average Bonchev–Trinajstić information content (AvgIpc) is 3.41. The highest BCUT2D eigenvalue weighted by molar-refractivity contribution is 7.12. The first kappa shape index (κ1) is 17.0. The number of benzene rings is 1. The fourth-order valence-electron chi connectivity index (χ4n) is 2.73. The molecule has 2 N–H and O–H groups in total. The number of rotatable bonds is 8. The molecule has 0 amide bonds. The van der Waals surface area contributed by atoms with Crippen molar-refractivity contribution in [2.75, 3.05) is 19.9 Å². The van der Waals surface area contributed by atoms with Gasteiger partial charge in [0.25, 0.3) is 0 Å². The second-order valence-electron chi connectivity index (χ2n) is 6.07. The summed E-state index contributed by atoms with van der Waals surface area (Å²) in [5.74, 6) is 1.65. The van der Waals surface area contributed by atoms with E-state index in [4.69, 9.17) is 9.47 Å². The van der Waals surface area contributed by atoms with Crippen LogP contribution in [0.2, 0.25) is 0 Å². The highest BCUT2D eigenvalue weighted by Gasteiger charge is 2.13. The van der Waals surface area contributed by atoms with Gasteiger partial charge >= 0.3 is 0 Å². The molecule has 7 nitrogen and oxygen atoms in total. The largest absolute Gasteiger partial charge is 0.454 e. The van der Waals surface area contributed by atoms with Gasteiger partial charge in [-0.1, -0.05) is 6.07 Å². The molecule has 2 aromatic heterocycles. The van der Waals surface area contributed by atoms with E-state index in [0.29, 0.717) is 6.79 Å².